The van der Waals surface area contributed by atoms with E-state index in [0.717, 1.165) is 12.8 Å². The largest absolute Gasteiger partial charge is 1.00 e. The first kappa shape index (κ1) is 20.5. The fourth-order valence-electron chi connectivity index (χ4n) is 1.18. The second-order valence-corrected chi connectivity index (χ2v) is 23.4. The zero-order valence-corrected chi connectivity index (χ0v) is 17.1. The summed E-state index contributed by atoms with van der Waals surface area (Å²) < 4.78 is 1.78. The maximum absolute atomic E-state index is 2.99. The Kier molecular flexibility index (Phi) is 17.4. The first-order chi connectivity index (χ1) is 8.13. The summed E-state index contributed by atoms with van der Waals surface area (Å²) in [4.78, 5) is 0. The molecule has 2 aliphatic carbocycles. The van der Waals surface area contributed by atoms with Crippen LogP contribution in [0.4, 0.5) is 0 Å². The molecule has 0 fully saturated rings. The Morgan fingerprint density at radius 2 is 1.50 bits per heavy atom. The van der Waals surface area contributed by atoms with Crippen molar-refractivity contribution in [1.82, 2.24) is 0 Å². The summed E-state index contributed by atoms with van der Waals surface area (Å²) in [5, 5.41) is 0. The van der Waals surface area contributed by atoms with E-state index in [-0.39, 0.29) is 40.4 Å². The number of hydrogen-bond acceptors (Lipinski definition) is 0. The summed E-state index contributed by atoms with van der Waals surface area (Å²) in [6.45, 7) is 9.45. The van der Waals surface area contributed by atoms with E-state index in [9.17, 15) is 0 Å². The molecule has 0 saturated heterocycles. The zero-order chi connectivity index (χ0) is 12.9. The van der Waals surface area contributed by atoms with Crippen LogP contribution in [-0.4, -0.2) is 8.75 Å². The van der Waals surface area contributed by atoms with Gasteiger partial charge in [-0.1, -0.05) is 0 Å². The van der Waals surface area contributed by atoms with Gasteiger partial charge >= 0.3 is 56.7 Å². The summed E-state index contributed by atoms with van der Waals surface area (Å²) >= 11 is -0.133. The molecular weight excluding hydrogens is 422 g/mol. The van der Waals surface area contributed by atoms with Gasteiger partial charge in [-0.15, -0.1) is 12.8 Å². The molecule has 3 heteroatoms. The van der Waals surface area contributed by atoms with Crippen LogP contribution in [0.25, 0.3) is 0 Å². The molecule has 0 aromatic carbocycles. The van der Waals surface area contributed by atoms with E-state index < -0.39 is 0 Å². The average Bonchev–Trinajstić information content (AvgIpc) is 2.96. The van der Waals surface area contributed by atoms with Crippen LogP contribution >= 0.6 is 0 Å². The molecule has 0 nitrogen and oxygen atoms in total. The van der Waals surface area contributed by atoms with E-state index in [1.807, 2.05) is 24.3 Å². The zero-order valence-electron chi connectivity index (χ0n) is 12.8. The molecule has 0 unspecified atom stereocenters. The van der Waals surface area contributed by atoms with Crippen LogP contribution in [0.2, 0.25) is 13.1 Å². The topological polar surface area (TPSA) is 0 Å². The van der Waals surface area contributed by atoms with Crippen LogP contribution in [0.15, 0.2) is 36.5 Å². The second-order valence-electron chi connectivity index (χ2n) is 4.13. The molecule has 0 heterocycles. The Labute approximate surface area is 131 Å². The van der Waals surface area contributed by atoms with E-state index in [2.05, 4.69) is 51.2 Å². The van der Waals surface area contributed by atoms with Crippen LogP contribution in [0.1, 0.15) is 28.1 Å². The third-order valence-corrected chi connectivity index (χ3v) is 13.4. The van der Waals surface area contributed by atoms with Crippen LogP contribution in [0.5, 0.6) is 0 Å². The normalized spacial score (nSPS) is 12.7. The summed E-state index contributed by atoms with van der Waals surface area (Å²) in [6.07, 6.45) is 20.0. The molecular formula is C15H23ClHfSi-4. The van der Waals surface area contributed by atoms with Crippen molar-refractivity contribution >= 4 is 8.75 Å². The first-order valence-corrected chi connectivity index (χ1v) is 15.6. The van der Waals surface area contributed by atoms with Crippen LogP contribution < -0.4 is 12.4 Å². The van der Waals surface area contributed by atoms with Crippen molar-refractivity contribution in [3.63, 3.8) is 0 Å². The average molecular weight is 445 g/mol. The maximum atomic E-state index is 2.99. The van der Waals surface area contributed by atoms with Crippen LogP contribution in [0.3, 0.4) is 0 Å². The van der Waals surface area contributed by atoms with Gasteiger partial charge in [0, 0.05) is 0 Å². The number of hydrogen-bond donors (Lipinski definition) is 0. The van der Waals surface area contributed by atoms with Crippen molar-refractivity contribution in [2.24, 2.45) is 0 Å². The molecule has 0 aromatic rings. The SMILES string of the molecule is C[C](C)=[Hf]=[Si](C)C.[C-]1=CC=CC1.[C-]1=CC=CC1.[Cl-].[H-]. The third kappa shape index (κ3) is 18.6. The number of allylic oxidation sites excluding steroid dienone is 8. The smallest absolute Gasteiger partial charge is 0.109 e. The van der Waals surface area contributed by atoms with Crippen molar-refractivity contribution in [2.75, 3.05) is 0 Å². The van der Waals surface area contributed by atoms with Gasteiger partial charge in [-0.05, 0) is 0 Å². The molecule has 2 rings (SSSR count). The Morgan fingerprint density at radius 3 is 1.56 bits per heavy atom. The van der Waals surface area contributed by atoms with Gasteiger partial charge in [0.15, 0.2) is 0 Å². The van der Waals surface area contributed by atoms with Crippen molar-refractivity contribution in [2.45, 2.75) is 39.8 Å². The van der Waals surface area contributed by atoms with Gasteiger partial charge in [-0.3, -0.25) is 12.2 Å². The first-order valence-electron chi connectivity index (χ1n) is 5.93. The van der Waals surface area contributed by atoms with Crippen molar-refractivity contribution in [3.8, 4) is 0 Å². The molecule has 0 radical (unpaired) electrons. The maximum Gasteiger partial charge on any atom is -0.109 e. The predicted molar refractivity (Wildman–Crippen MR) is 78.1 cm³/mol. The van der Waals surface area contributed by atoms with E-state index in [1.165, 1.54) is 0 Å². The van der Waals surface area contributed by atoms with Gasteiger partial charge in [-0.25, -0.2) is 24.3 Å². The number of rotatable bonds is 0. The molecule has 0 aromatic heterocycles. The Morgan fingerprint density at radius 1 is 1.06 bits per heavy atom. The van der Waals surface area contributed by atoms with Crippen molar-refractivity contribution in [3.05, 3.63) is 48.6 Å². The molecule has 0 bridgehead atoms. The summed E-state index contributed by atoms with van der Waals surface area (Å²) in [7, 11) is 0. The fraction of sp³-hybridized carbons (Fsp3) is 0.400. The van der Waals surface area contributed by atoms with Gasteiger partial charge in [0.25, 0.3) is 0 Å². The van der Waals surface area contributed by atoms with E-state index >= 15 is 0 Å². The fourth-order valence-corrected chi connectivity index (χ4v) is 13.0. The summed E-state index contributed by atoms with van der Waals surface area (Å²) in [5.41, 5.74) is 0.223. The Bertz CT molecular complexity index is 327. The van der Waals surface area contributed by atoms with E-state index in [0.29, 0.717) is 0 Å². The molecule has 0 N–H and O–H groups in total. The third-order valence-electron chi connectivity index (χ3n) is 1.67. The molecule has 18 heavy (non-hydrogen) atoms. The molecule has 0 spiro atoms. The van der Waals surface area contributed by atoms with Crippen molar-refractivity contribution < 1.29 is 34.9 Å². The molecule has 0 aliphatic heterocycles. The van der Waals surface area contributed by atoms with Crippen LogP contribution in [0, 0.1) is 12.2 Å². The van der Waals surface area contributed by atoms with E-state index in [4.69, 9.17) is 0 Å². The molecule has 0 saturated carbocycles. The second kappa shape index (κ2) is 15.3. The molecule has 2 aliphatic rings. The Hall–Kier alpha value is 0.207. The summed E-state index contributed by atoms with van der Waals surface area (Å²) in [6, 6.07) is 0. The van der Waals surface area contributed by atoms with Gasteiger partial charge in [0.1, 0.15) is 0 Å². The molecule has 0 atom stereocenters. The minimum absolute atomic E-state index is 0. The molecule has 0 amide bonds. The van der Waals surface area contributed by atoms with Crippen molar-refractivity contribution in [1.29, 1.82) is 0 Å². The quantitative estimate of drug-likeness (QED) is 0.389. The minimum Gasteiger partial charge on any atom is -1.00 e. The minimum atomic E-state index is -0.133. The number of halogens is 1. The van der Waals surface area contributed by atoms with Gasteiger partial charge in [0.2, 0.25) is 0 Å². The summed E-state index contributed by atoms with van der Waals surface area (Å²) in [5.74, 6) is 0. The van der Waals surface area contributed by atoms with Gasteiger partial charge in [-0.2, -0.15) is 12.2 Å². The van der Waals surface area contributed by atoms with E-state index in [1.54, 1.807) is 3.26 Å². The van der Waals surface area contributed by atoms with Gasteiger partial charge < -0.3 is 13.8 Å². The predicted octanol–water partition coefficient (Wildman–Crippen LogP) is 1.26. The van der Waals surface area contributed by atoms with Gasteiger partial charge in [0.05, 0.1) is 0 Å². The standard InChI is InChI=1S/2C5H5.C3H6.C2H6Si.ClH.Hf.H/c2*1-2-4-5-3-1;2*1-3-2;;;/h2*1-3H,4H2;2*1-2H3;1H;;/q2*-1;;;;;-1/p-1. The Balaban J connectivity index is -0.000000194. The molecule has 102 valence electrons. The van der Waals surface area contributed by atoms with Crippen LogP contribution in [-0.2, 0) is 21.0 Å². The monoisotopic (exact) mass is 446 g/mol.